The number of amides is 5. The molecule has 5 aliphatic rings. The van der Waals surface area contributed by atoms with Crippen molar-refractivity contribution < 1.29 is 43.1 Å². The highest BCUT2D eigenvalue weighted by Crippen LogP contribution is 2.33. The van der Waals surface area contributed by atoms with Gasteiger partial charge >= 0.3 is 6.09 Å². The summed E-state index contributed by atoms with van der Waals surface area (Å²) in [5.41, 5.74) is -0.708. The zero-order chi connectivity index (χ0) is 38.0. The fourth-order valence-electron chi connectivity index (χ4n) is 8.29. The van der Waals surface area contributed by atoms with Crippen LogP contribution in [-0.2, 0) is 28.7 Å². The first-order chi connectivity index (χ1) is 25.3. The number of hydrogen-bond donors (Lipinski definition) is 0. The van der Waals surface area contributed by atoms with Crippen LogP contribution in [-0.4, -0.2) is 148 Å². The van der Waals surface area contributed by atoms with Gasteiger partial charge in [-0.1, -0.05) is 0 Å². The summed E-state index contributed by atoms with van der Waals surface area (Å²) in [4.78, 5) is 98.7. The Morgan fingerprint density at radius 2 is 1.19 bits per heavy atom. The lowest BCUT2D eigenvalue weighted by atomic mass is 10.1. The monoisotopic (exact) mass is 739 g/mol. The number of nitrogens with zero attached hydrogens (tertiary/aromatic N) is 7. The molecule has 6 rings (SSSR count). The Bertz CT molecular complexity index is 1580. The van der Waals surface area contributed by atoms with Crippen LogP contribution in [0.1, 0.15) is 85.0 Å². The quantitative estimate of drug-likeness (QED) is 0.342. The molecule has 0 radical (unpaired) electrons. The fraction of sp³-hybridized carbons (Fsp3) is 0.703. The molecule has 290 valence electrons. The van der Waals surface area contributed by atoms with Gasteiger partial charge in [0.15, 0.2) is 5.75 Å². The minimum atomic E-state index is -0.708. The molecular formula is C37H53N7O9. The summed E-state index contributed by atoms with van der Waals surface area (Å²) in [6.45, 7) is 7.54. The van der Waals surface area contributed by atoms with E-state index in [9.17, 15) is 28.8 Å². The first kappa shape index (κ1) is 38.3. The molecule has 0 spiro atoms. The SMILES string of the molecule is COc1cc(ON2CCC[C@H]2C(=O)N2CCC[C@H]2C(=O)N2CCC[C@H]2C(=O)N2CCC[C@H]2C(=O)N2CCC[C@H]2C=O)cc(N(C)C(=O)OC(C)(C)C)n1. The van der Waals surface area contributed by atoms with Gasteiger partial charge in [-0.2, -0.15) is 4.98 Å². The third-order valence-electron chi connectivity index (χ3n) is 10.9. The largest absolute Gasteiger partial charge is 0.481 e. The summed E-state index contributed by atoms with van der Waals surface area (Å²) in [6.07, 6.45) is 6.33. The van der Waals surface area contributed by atoms with Crippen LogP contribution in [0, 0.1) is 0 Å². The van der Waals surface area contributed by atoms with Gasteiger partial charge in [0.1, 0.15) is 41.9 Å². The number of carbonyl (C=O) groups excluding carboxylic acids is 6. The second-order valence-corrected chi connectivity index (χ2v) is 15.6. The maximum atomic E-state index is 14.2. The number of hydrogen-bond acceptors (Lipinski definition) is 11. The lowest BCUT2D eigenvalue weighted by molar-refractivity contribution is -0.156. The number of rotatable bonds is 9. The molecule has 5 fully saturated rings. The van der Waals surface area contributed by atoms with E-state index in [1.165, 1.54) is 19.1 Å². The predicted molar refractivity (Wildman–Crippen MR) is 191 cm³/mol. The Balaban J connectivity index is 1.12. The van der Waals surface area contributed by atoms with Gasteiger partial charge in [-0.25, -0.2) is 4.79 Å². The number of aromatic nitrogens is 1. The zero-order valence-corrected chi connectivity index (χ0v) is 31.5. The van der Waals surface area contributed by atoms with Crippen LogP contribution in [0.15, 0.2) is 12.1 Å². The highest BCUT2D eigenvalue weighted by molar-refractivity contribution is 5.96. The average molecular weight is 740 g/mol. The highest BCUT2D eigenvalue weighted by Gasteiger charge is 2.48. The molecule has 1 aromatic rings. The Kier molecular flexibility index (Phi) is 11.5. The standard InChI is InChI=1S/C37H53N7O9/c1-37(2,3)52-36(50)39(4)30-21-25(22-31(38-30)51-5)53-44-20-10-15-29(44)35(49)43-19-9-14-28(43)34(48)42-18-8-13-27(42)33(47)41-17-7-12-26(41)32(46)40-16-6-11-24(40)23-45/h21-24,26-29H,6-20H2,1-5H3/t24-,26-,27-,28-,29-/m0/s1. The second-order valence-electron chi connectivity index (χ2n) is 15.6. The van der Waals surface area contributed by atoms with Gasteiger partial charge in [-0.05, 0) is 85.0 Å². The van der Waals surface area contributed by atoms with Crippen molar-refractivity contribution in [3.8, 4) is 11.6 Å². The molecule has 53 heavy (non-hydrogen) atoms. The molecule has 0 aromatic carbocycles. The molecule has 0 bridgehead atoms. The van der Waals surface area contributed by atoms with E-state index in [1.54, 1.807) is 57.6 Å². The molecule has 1 aromatic heterocycles. The van der Waals surface area contributed by atoms with E-state index in [2.05, 4.69) is 4.98 Å². The van der Waals surface area contributed by atoms with E-state index >= 15 is 0 Å². The van der Waals surface area contributed by atoms with E-state index in [-0.39, 0.29) is 35.3 Å². The van der Waals surface area contributed by atoms with Crippen molar-refractivity contribution in [2.45, 2.75) is 121 Å². The molecule has 0 aliphatic carbocycles. The molecule has 0 saturated carbocycles. The smallest absolute Gasteiger partial charge is 0.415 e. The van der Waals surface area contributed by atoms with Gasteiger partial charge in [0.2, 0.25) is 29.5 Å². The van der Waals surface area contributed by atoms with Crippen molar-refractivity contribution in [1.29, 1.82) is 0 Å². The topological polar surface area (TPSA) is 162 Å². The zero-order valence-electron chi connectivity index (χ0n) is 31.5. The van der Waals surface area contributed by atoms with Gasteiger partial charge in [-0.15, -0.1) is 5.06 Å². The van der Waals surface area contributed by atoms with Crippen molar-refractivity contribution in [2.75, 3.05) is 51.8 Å². The maximum absolute atomic E-state index is 14.2. The number of anilines is 1. The number of pyridine rings is 1. The number of hydroxylamine groups is 2. The molecule has 16 nitrogen and oxygen atoms in total. The van der Waals surface area contributed by atoms with E-state index in [0.29, 0.717) is 96.3 Å². The van der Waals surface area contributed by atoms with Crippen molar-refractivity contribution >= 4 is 41.8 Å². The first-order valence-corrected chi connectivity index (χ1v) is 19.0. The van der Waals surface area contributed by atoms with Gasteiger partial charge in [0.25, 0.3) is 0 Å². The number of aldehydes is 1. The summed E-state index contributed by atoms with van der Waals surface area (Å²) < 4.78 is 10.9. The normalized spacial score (nSPS) is 26.2. The van der Waals surface area contributed by atoms with E-state index in [0.717, 1.165) is 12.7 Å². The average Bonchev–Trinajstić information content (AvgIpc) is 3.98. The summed E-state index contributed by atoms with van der Waals surface area (Å²) >= 11 is 0. The van der Waals surface area contributed by atoms with Crippen molar-refractivity contribution in [1.82, 2.24) is 29.6 Å². The van der Waals surface area contributed by atoms with Crippen LogP contribution in [0.25, 0.3) is 0 Å². The second kappa shape index (κ2) is 15.9. The summed E-state index contributed by atoms with van der Waals surface area (Å²) in [7, 11) is 2.99. The third-order valence-corrected chi connectivity index (χ3v) is 10.9. The third kappa shape index (κ3) is 8.06. The van der Waals surface area contributed by atoms with E-state index in [1.807, 2.05) is 0 Å². The lowest BCUT2D eigenvalue weighted by Gasteiger charge is -2.36. The molecule has 16 heteroatoms. The van der Waals surface area contributed by atoms with Crippen LogP contribution in [0.2, 0.25) is 0 Å². The van der Waals surface area contributed by atoms with E-state index in [4.69, 9.17) is 14.3 Å². The number of likely N-dealkylation sites (tertiary alicyclic amines) is 4. The maximum Gasteiger partial charge on any atom is 0.415 e. The Morgan fingerprint density at radius 3 is 1.72 bits per heavy atom. The lowest BCUT2D eigenvalue weighted by Crippen LogP contribution is -2.57. The van der Waals surface area contributed by atoms with Gasteiger partial charge in [0.05, 0.1) is 13.2 Å². The Labute approximate surface area is 310 Å². The molecule has 5 saturated heterocycles. The molecule has 5 aliphatic heterocycles. The van der Waals surface area contributed by atoms with Gasteiger partial charge < -0.3 is 38.7 Å². The summed E-state index contributed by atoms with van der Waals surface area (Å²) in [6, 6.07) is 0.00670. The van der Waals surface area contributed by atoms with E-state index < -0.39 is 41.9 Å². The van der Waals surface area contributed by atoms with Gasteiger partial charge in [-0.3, -0.25) is 24.1 Å². The Hall–Kier alpha value is -4.47. The molecular weight excluding hydrogens is 686 g/mol. The van der Waals surface area contributed by atoms with Crippen LogP contribution in [0.4, 0.5) is 10.6 Å². The highest BCUT2D eigenvalue weighted by atomic mass is 16.7. The first-order valence-electron chi connectivity index (χ1n) is 19.0. The molecule has 6 heterocycles. The van der Waals surface area contributed by atoms with Crippen molar-refractivity contribution in [3.05, 3.63) is 12.1 Å². The van der Waals surface area contributed by atoms with Crippen LogP contribution in [0.5, 0.6) is 11.6 Å². The minimum absolute atomic E-state index is 0.186. The van der Waals surface area contributed by atoms with Crippen molar-refractivity contribution in [3.63, 3.8) is 0 Å². The van der Waals surface area contributed by atoms with Crippen LogP contribution < -0.4 is 14.5 Å². The Morgan fingerprint density at radius 1 is 0.717 bits per heavy atom. The minimum Gasteiger partial charge on any atom is -0.481 e. The van der Waals surface area contributed by atoms with Gasteiger partial charge in [0, 0.05) is 51.9 Å². The summed E-state index contributed by atoms with van der Waals surface area (Å²) in [5, 5.41) is 1.61. The number of carbonyl (C=O) groups is 6. The summed E-state index contributed by atoms with van der Waals surface area (Å²) in [5.74, 6) is -0.110. The number of ether oxygens (including phenoxy) is 2. The fourth-order valence-corrected chi connectivity index (χ4v) is 8.29. The molecule has 5 atom stereocenters. The molecule has 0 N–H and O–H groups in total. The number of methoxy groups -OCH3 is 1. The van der Waals surface area contributed by atoms with Crippen LogP contribution >= 0.6 is 0 Å². The van der Waals surface area contributed by atoms with Crippen LogP contribution in [0.3, 0.4) is 0 Å². The molecule has 0 unspecified atom stereocenters. The van der Waals surface area contributed by atoms with Crippen molar-refractivity contribution in [2.24, 2.45) is 0 Å². The predicted octanol–water partition coefficient (Wildman–Crippen LogP) is 2.38. The molecule has 5 amide bonds.